The maximum absolute atomic E-state index is 5.80. The van der Waals surface area contributed by atoms with Crippen molar-refractivity contribution in [2.75, 3.05) is 6.54 Å². The predicted molar refractivity (Wildman–Crippen MR) is 68.2 cm³/mol. The number of aromatic nitrogens is 4. The van der Waals surface area contributed by atoms with Crippen LogP contribution in [-0.4, -0.2) is 26.3 Å². The number of nitrogens with two attached hydrogens (primary N) is 1. The summed E-state index contributed by atoms with van der Waals surface area (Å²) >= 11 is 0. The summed E-state index contributed by atoms with van der Waals surface area (Å²) in [6.45, 7) is 5.27. The van der Waals surface area contributed by atoms with Gasteiger partial charge in [0.1, 0.15) is 12.7 Å². The maximum atomic E-state index is 5.80. The lowest BCUT2D eigenvalue weighted by atomic mass is 10.0. The average molecular weight is 243 g/mol. The standard InChI is InChI=1S/C13H17N5/c1-13(2)10(5-14)12(13)9-3-4-11(16-6-9)18-8-15-7-17-18/h3-4,6-8,10,12H,5,14H2,1-2H3. The van der Waals surface area contributed by atoms with E-state index in [2.05, 4.69) is 35.0 Å². The SMILES string of the molecule is CC1(C)C(CN)C1c1ccc(-n2cncn2)nc1. The topological polar surface area (TPSA) is 69.6 Å². The Morgan fingerprint density at radius 2 is 2.22 bits per heavy atom. The van der Waals surface area contributed by atoms with Crippen LogP contribution < -0.4 is 5.73 Å². The molecule has 2 atom stereocenters. The average Bonchev–Trinajstić information content (AvgIpc) is 2.77. The third-order valence-corrected chi connectivity index (χ3v) is 4.09. The lowest BCUT2D eigenvalue weighted by Crippen LogP contribution is -2.05. The van der Waals surface area contributed by atoms with Crippen LogP contribution in [0.15, 0.2) is 31.0 Å². The number of nitrogens with zero attached hydrogens (tertiary/aromatic N) is 4. The molecule has 1 aliphatic rings. The Labute approximate surface area is 106 Å². The summed E-state index contributed by atoms with van der Waals surface area (Å²) in [5.74, 6) is 1.88. The van der Waals surface area contributed by atoms with Crippen LogP contribution in [0.4, 0.5) is 0 Å². The first-order chi connectivity index (χ1) is 8.64. The number of pyridine rings is 1. The van der Waals surface area contributed by atoms with Crippen LogP contribution in [0.25, 0.3) is 5.82 Å². The molecular formula is C13H17N5. The van der Waals surface area contributed by atoms with Crippen LogP contribution in [0.2, 0.25) is 0 Å². The molecule has 2 aromatic rings. The molecule has 2 N–H and O–H groups in total. The summed E-state index contributed by atoms with van der Waals surface area (Å²) in [4.78, 5) is 8.35. The fourth-order valence-electron chi connectivity index (χ4n) is 2.89. The molecule has 1 aliphatic carbocycles. The lowest BCUT2D eigenvalue weighted by molar-refractivity contribution is 0.558. The lowest BCUT2D eigenvalue weighted by Gasteiger charge is -2.04. The largest absolute Gasteiger partial charge is 0.330 e. The van der Waals surface area contributed by atoms with Gasteiger partial charge in [0.05, 0.1) is 0 Å². The van der Waals surface area contributed by atoms with E-state index in [0.717, 1.165) is 12.4 Å². The van der Waals surface area contributed by atoms with E-state index in [4.69, 9.17) is 5.73 Å². The smallest absolute Gasteiger partial charge is 0.155 e. The minimum absolute atomic E-state index is 0.297. The van der Waals surface area contributed by atoms with E-state index in [-0.39, 0.29) is 0 Å². The van der Waals surface area contributed by atoms with Crippen LogP contribution in [0.3, 0.4) is 0 Å². The van der Waals surface area contributed by atoms with Gasteiger partial charge in [-0.15, -0.1) is 0 Å². The van der Waals surface area contributed by atoms with Crippen LogP contribution in [0.1, 0.15) is 25.3 Å². The Balaban J connectivity index is 1.85. The van der Waals surface area contributed by atoms with Gasteiger partial charge in [-0.2, -0.15) is 5.10 Å². The molecule has 3 rings (SSSR count). The van der Waals surface area contributed by atoms with E-state index in [0.29, 0.717) is 17.3 Å². The summed E-state index contributed by atoms with van der Waals surface area (Å²) < 4.78 is 1.65. The van der Waals surface area contributed by atoms with E-state index >= 15 is 0 Å². The second kappa shape index (κ2) is 3.88. The van der Waals surface area contributed by atoms with Gasteiger partial charge >= 0.3 is 0 Å². The van der Waals surface area contributed by atoms with Crippen molar-refractivity contribution in [2.24, 2.45) is 17.1 Å². The minimum Gasteiger partial charge on any atom is -0.330 e. The minimum atomic E-state index is 0.297. The van der Waals surface area contributed by atoms with Crippen LogP contribution in [-0.2, 0) is 0 Å². The zero-order valence-electron chi connectivity index (χ0n) is 10.6. The van der Waals surface area contributed by atoms with Gasteiger partial charge in [-0.3, -0.25) is 0 Å². The molecule has 2 heterocycles. The fraction of sp³-hybridized carbons (Fsp3) is 0.462. The highest BCUT2D eigenvalue weighted by molar-refractivity contribution is 5.33. The summed E-state index contributed by atoms with van der Waals surface area (Å²) in [5.41, 5.74) is 7.36. The first kappa shape index (κ1) is 11.3. The van der Waals surface area contributed by atoms with Gasteiger partial charge < -0.3 is 5.73 Å². The second-order valence-corrected chi connectivity index (χ2v) is 5.43. The maximum Gasteiger partial charge on any atom is 0.155 e. The molecule has 5 nitrogen and oxygen atoms in total. The fourth-order valence-corrected chi connectivity index (χ4v) is 2.89. The number of hydrogen-bond acceptors (Lipinski definition) is 4. The van der Waals surface area contributed by atoms with Gasteiger partial charge in [-0.1, -0.05) is 19.9 Å². The Morgan fingerprint density at radius 3 is 2.72 bits per heavy atom. The predicted octanol–water partition coefficient (Wildman–Crippen LogP) is 1.36. The molecule has 0 aliphatic heterocycles. The van der Waals surface area contributed by atoms with Crippen LogP contribution in [0, 0.1) is 11.3 Å². The van der Waals surface area contributed by atoms with Crippen molar-refractivity contribution in [3.63, 3.8) is 0 Å². The molecule has 1 fully saturated rings. The van der Waals surface area contributed by atoms with E-state index in [9.17, 15) is 0 Å². The molecular weight excluding hydrogens is 226 g/mol. The number of hydrogen-bond donors (Lipinski definition) is 1. The van der Waals surface area contributed by atoms with Crippen molar-refractivity contribution < 1.29 is 0 Å². The Bertz CT molecular complexity index is 529. The van der Waals surface area contributed by atoms with Crippen molar-refractivity contribution in [2.45, 2.75) is 19.8 Å². The van der Waals surface area contributed by atoms with E-state index < -0.39 is 0 Å². The van der Waals surface area contributed by atoms with E-state index in [1.165, 1.54) is 11.9 Å². The molecule has 18 heavy (non-hydrogen) atoms. The molecule has 5 heteroatoms. The molecule has 0 amide bonds. The molecule has 2 unspecified atom stereocenters. The molecule has 0 saturated heterocycles. The quantitative estimate of drug-likeness (QED) is 0.883. The third kappa shape index (κ3) is 1.62. The van der Waals surface area contributed by atoms with Crippen molar-refractivity contribution in [3.8, 4) is 5.82 Å². The monoisotopic (exact) mass is 243 g/mol. The third-order valence-electron chi connectivity index (χ3n) is 4.09. The van der Waals surface area contributed by atoms with E-state index in [1.54, 1.807) is 11.0 Å². The van der Waals surface area contributed by atoms with Crippen molar-refractivity contribution >= 4 is 0 Å². The Hall–Kier alpha value is -1.75. The first-order valence-corrected chi connectivity index (χ1v) is 6.15. The van der Waals surface area contributed by atoms with Crippen molar-refractivity contribution in [1.82, 2.24) is 19.7 Å². The second-order valence-electron chi connectivity index (χ2n) is 5.43. The Kier molecular flexibility index (Phi) is 2.45. The summed E-state index contributed by atoms with van der Waals surface area (Å²) in [6.07, 6.45) is 5.08. The summed E-state index contributed by atoms with van der Waals surface area (Å²) in [5, 5.41) is 4.06. The van der Waals surface area contributed by atoms with Gasteiger partial charge in [0, 0.05) is 6.20 Å². The first-order valence-electron chi connectivity index (χ1n) is 6.15. The summed E-state index contributed by atoms with van der Waals surface area (Å²) in [7, 11) is 0. The molecule has 1 saturated carbocycles. The highest BCUT2D eigenvalue weighted by Crippen LogP contribution is 2.63. The highest BCUT2D eigenvalue weighted by Gasteiger charge is 2.57. The Morgan fingerprint density at radius 1 is 1.39 bits per heavy atom. The van der Waals surface area contributed by atoms with Crippen molar-refractivity contribution in [1.29, 1.82) is 0 Å². The normalized spacial score (nSPS) is 25.1. The molecule has 0 bridgehead atoms. The number of rotatable bonds is 3. The molecule has 94 valence electrons. The van der Waals surface area contributed by atoms with Gasteiger partial charge in [0.25, 0.3) is 0 Å². The zero-order chi connectivity index (χ0) is 12.8. The molecule has 0 aromatic carbocycles. The molecule has 2 aromatic heterocycles. The summed E-state index contributed by atoms with van der Waals surface area (Å²) in [6, 6.07) is 4.10. The van der Waals surface area contributed by atoms with Gasteiger partial charge in [0.2, 0.25) is 0 Å². The van der Waals surface area contributed by atoms with Gasteiger partial charge in [-0.25, -0.2) is 14.6 Å². The molecule has 0 spiro atoms. The van der Waals surface area contributed by atoms with Crippen molar-refractivity contribution in [3.05, 3.63) is 36.5 Å². The van der Waals surface area contributed by atoms with E-state index in [1.807, 2.05) is 12.3 Å². The van der Waals surface area contributed by atoms with Gasteiger partial charge in [0.15, 0.2) is 5.82 Å². The molecule has 0 radical (unpaired) electrons. The van der Waals surface area contributed by atoms with Crippen LogP contribution in [0.5, 0.6) is 0 Å². The zero-order valence-corrected chi connectivity index (χ0v) is 10.6. The highest BCUT2D eigenvalue weighted by atomic mass is 15.3. The van der Waals surface area contributed by atoms with Crippen LogP contribution >= 0.6 is 0 Å². The van der Waals surface area contributed by atoms with Gasteiger partial charge in [-0.05, 0) is 35.4 Å².